The highest BCUT2D eigenvalue weighted by atomic mass is 19.1. The maximum Gasteiger partial charge on any atom is 0.315 e. The molecule has 5 nitrogen and oxygen atoms in total. The van der Waals surface area contributed by atoms with Gasteiger partial charge < -0.3 is 15.4 Å². The molecule has 3 atom stereocenters. The molecule has 1 aromatic heterocycles. The first-order valence-electron chi connectivity index (χ1n) is 8.91. The second kappa shape index (κ2) is 6.59. The van der Waals surface area contributed by atoms with Crippen molar-refractivity contribution in [1.29, 1.82) is 0 Å². The van der Waals surface area contributed by atoms with Crippen LogP contribution in [0.5, 0.6) is 5.88 Å². The fraction of sp³-hybridized carbons (Fsp3) is 0.400. The lowest BCUT2D eigenvalue weighted by molar-refractivity contribution is 0.228. The molecule has 6 heteroatoms. The third-order valence-electron chi connectivity index (χ3n) is 5.16. The molecular formula is C20H22FN3O2. The SMILES string of the molecule is COc1ccc(C(NC(=O)NC2CC2(F)c2ccccc2)C2CC2)cn1. The van der Waals surface area contributed by atoms with Crippen LogP contribution in [0.1, 0.15) is 36.4 Å². The van der Waals surface area contributed by atoms with Gasteiger partial charge in [0.2, 0.25) is 5.88 Å². The van der Waals surface area contributed by atoms with Crippen LogP contribution in [0.3, 0.4) is 0 Å². The van der Waals surface area contributed by atoms with Crippen molar-refractivity contribution in [3.8, 4) is 5.88 Å². The van der Waals surface area contributed by atoms with Crippen molar-refractivity contribution in [2.45, 2.75) is 37.0 Å². The number of amides is 2. The molecule has 0 saturated heterocycles. The van der Waals surface area contributed by atoms with Gasteiger partial charge in [0, 0.05) is 18.7 Å². The van der Waals surface area contributed by atoms with E-state index < -0.39 is 11.7 Å². The van der Waals surface area contributed by atoms with E-state index in [2.05, 4.69) is 15.6 Å². The summed E-state index contributed by atoms with van der Waals surface area (Å²) in [6.07, 6.45) is 4.17. The summed E-state index contributed by atoms with van der Waals surface area (Å²) in [7, 11) is 1.57. The molecule has 0 radical (unpaired) electrons. The van der Waals surface area contributed by atoms with Crippen LogP contribution >= 0.6 is 0 Å². The van der Waals surface area contributed by atoms with Gasteiger partial charge in [0.05, 0.1) is 19.2 Å². The predicted molar refractivity (Wildman–Crippen MR) is 95.6 cm³/mol. The van der Waals surface area contributed by atoms with E-state index in [0.717, 1.165) is 18.4 Å². The van der Waals surface area contributed by atoms with Crippen molar-refractivity contribution >= 4 is 6.03 Å². The van der Waals surface area contributed by atoms with Crippen LogP contribution in [0, 0.1) is 5.92 Å². The van der Waals surface area contributed by atoms with E-state index in [9.17, 15) is 9.18 Å². The van der Waals surface area contributed by atoms with Crippen LogP contribution in [-0.4, -0.2) is 24.2 Å². The maximum atomic E-state index is 14.9. The number of rotatable bonds is 6. The predicted octanol–water partition coefficient (Wildman–Crippen LogP) is 3.48. The van der Waals surface area contributed by atoms with Crippen molar-refractivity contribution < 1.29 is 13.9 Å². The first-order valence-corrected chi connectivity index (χ1v) is 8.91. The smallest absolute Gasteiger partial charge is 0.315 e. The van der Waals surface area contributed by atoms with Gasteiger partial charge in [0.25, 0.3) is 0 Å². The average molecular weight is 355 g/mol. The monoisotopic (exact) mass is 355 g/mol. The Balaban J connectivity index is 1.39. The quantitative estimate of drug-likeness (QED) is 0.834. The van der Waals surface area contributed by atoms with Crippen molar-refractivity contribution in [2.24, 2.45) is 5.92 Å². The minimum absolute atomic E-state index is 0.113. The lowest BCUT2D eigenvalue weighted by Crippen LogP contribution is -2.41. The molecule has 0 bridgehead atoms. The summed E-state index contributed by atoms with van der Waals surface area (Å²) < 4.78 is 20.0. The van der Waals surface area contributed by atoms with E-state index in [1.807, 2.05) is 24.3 Å². The number of hydrogen-bond donors (Lipinski definition) is 2. The summed E-state index contributed by atoms with van der Waals surface area (Å²) in [5, 5.41) is 5.77. The number of ether oxygens (including phenoxy) is 1. The molecule has 2 N–H and O–H groups in total. The number of hydrogen-bond acceptors (Lipinski definition) is 3. The van der Waals surface area contributed by atoms with Gasteiger partial charge in [-0.2, -0.15) is 0 Å². The van der Waals surface area contributed by atoms with Gasteiger partial charge in [0.1, 0.15) is 0 Å². The second-order valence-corrected chi connectivity index (χ2v) is 7.05. The van der Waals surface area contributed by atoms with Crippen molar-refractivity contribution in [3.63, 3.8) is 0 Å². The van der Waals surface area contributed by atoms with Gasteiger partial charge in [-0.05, 0) is 29.9 Å². The first-order chi connectivity index (χ1) is 12.6. The third-order valence-corrected chi connectivity index (χ3v) is 5.16. The number of aromatic nitrogens is 1. The van der Waals surface area contributed by atoms with Gasteiger partial charge >= 0.3 is 6.03 Å². The summed E-state index contributed by atoms with van der Waals surface area (Å²) in [5.41, 5.74) is 0.0900. The topological polar surface area (TPSA) is 63.2 Å². The Morgan fingerprint density at radius 2 is 2.04 bits per heavy atom. The van der Waals surface area contributed by atoms with E-state index in [0.29, 0.717) is 23.8 Å². The lowest BCUT2D eigenvalue weighted by Gasteiger charge is -2.19. The number of alkyl halides is 1. The highest BCUT2D eigenvalue weighted by molar-refractivity contribution is 5.75. The first kappa shape index (κ1) is 16.8. The van der Waals surface area contributed by atoms with Crippen molar-refractivity contribution in [3.05, 3.63) is 59.8 Å². The number of methoxy groups -OCH3 is 1. The molecule has 0 aliphatic heterocycles. The summed E-state index contributed by atoms with van der Waals surface area (Å²) in [6.45, 7) is 0. The van der Waals surface area contributed by atoms with Gasteiger partial charge in [-0.3, -0.25) is 0 Å². The summed E-state index contributed by atoms with van der Waals surface area (Å²) in [6, 6.07) is 11.8. The van der Waals surface area contributed by atoms with Crippen LogP contribution < -0.4 is 15.4 Å². The summed E-state index contributed by atoms with van der Waals surface area (Å²) >= 11 is 0. The normalized spacial score (nSPS) is 25.2. The Bertz CT molecular complexity index is 779. The Hall–Kier alpha value is -2.63. The van der Waals surface area contributed by atoms with Gasteiger partial charge in [0.15, 0.2) is 5.67 Å². The zero-order chi connectivity index (χ0) is 18.1. The number of nitrogens with zero attached hydrogens (tertiary/aromatic N) is 1. The molecule has 1 heterocycles. The van der Waals surface area contributed by atoms with Crippen molar-refractivity contribution in [1.82, 2.24) is 15.6 Å². The number of urea groups is 1. The Labute approximate surface area is 152 Å². The fourth-order valence-electron chi connectivity index (χ4n) is 3.38. The maximum absolute atomic E-state index is 14.9. The standard InChI is InChI=1S/C20H22FN3O2/c1-26-17-10-9-14(12-22-17)18(13-7-8-13)24-19(25)23-16-11-20(16,21)15-5-3-2-4-6-15/h2-6,9-10,12-13,16,18H,7-8,11H2,1H3,(H2,23,24,25). The molecule has 2 aromatic rings. The number of nitrogens with one attached hydrogen (secondary N) is 2. The van der Waals surface area contributed by atoms with Gasteiger partial charge in [-0.1, -0.05) is 36.4 Å². The lowest BCUT2D eigenvalue weighted by atomic mass is 10.0. The molecule has 2 fully saturated rings. The largest absolute Gasteiger partial charge is 0.481 e. The average Bonchev–Trinajstić information content (AvgIpc) is 3.59. The summed E-state index contributed by atoms with van der Waals surface area (Å²) in [5.74, 6) is 0.940. The highest BCUT2D eigenvalue weighted by Crippen LogP contribution is 2.49. The zero-order valence-electron chi connectivity index (χ0n) is 14.6. The van der Waals surface area contributed by atoms with Crippen molar-refractivity contribution in [2.75, 3.05) is 7.11 Å². The summed E-state index contributed by atoms with van der Waals surface area (Å²) in [4.78, 5) is 16.6. The molecule has 136 valence electrons. The number of halogens is 1. The second-order valence-electron chi connectivity index (χ2n) is 7.05. The molecule has 3 unspecified atom stereocenters. The van der Waals surface area contributed by atoms with E-state index in [4.69, 9.17) is 4.74 Å². The van der Waals surface area contributed by atoms with Crippen LogP contribution in [0.25, 0.3) is 0 Å². The Morgan fingerprint density at radius 1 is 1.27 bits per heavy atom. The minimum Gasteiger partial charge on any atom is -0.481 e. The number of benzene rings is 1. The zero-order valence-corrected chi connectivity index (χ0v) is 14.6. The molecule has 0 spiro atoms. The molecule has 2 saturated carbocycles. The van der Waals surface area contributed by atoms with Gasteiger partial charge in [-0.25, -0.2) is 14.2 Å². The van der Waals surface area contributed by atoms with E-state index in [-0.39, 0.29) is 12.1 Å². The van der Waals surface area contributed by atoms with Crippen LogP contribution in [0.4, 0.5) is 9.18 Å². The Kier molecular flexibility index (Phi) is 4.26. The molecule has 2 aliphatic rings. The molecule has 2 amide bonds. The third kappa shape index (κ3) is 3.36. The minimum atomic E-state index is -1.46. The van der Waals surface area contributed by atoms with Crippen LogP contribution in [-0.2, 0) is 5.67 Å². The molecule has 2 aliphatic carbocycles. The fourth-order valence-corrected chi connectivity index (χ4v) is 3.38. The van der Waals surface area contributed by atoms with Crippen LogP contribution in [0.15, 0.2) is 48.7 Å². The number of pyridine rings is 1. The number of carbonyl (C=O) groups excluding carboxylic acids is 1. The molecule has 1 aromatic carbocycles. The molecule has 4 rings (SSSR count). The van der Waals surface area contributed by atoms with E-state index in [1.165, 1.54) is 0 Å². The van der Waals surface area contributed by atoms with Crippen LogP contribution in [0.2, 0.25) is 0 Å². The van der Waals surface area contributed by atoms with E-state index in [1.54, 1.807) is 31.5 Å². The molecule has 26 heavy (non-hydrogen) atoms. The van der Waals surface area contributed by atoms with E-state index >= 15 is 0 Å². The molecular weight excluding hydrogens is 333 g/mol. The Morgan fingerprint density at radius 3 is 2.65 bits per heavy atom. The number of carbonyl (C=O) groups is 1. The highest BCUT2D eigenvalue weighted by Gasteiger charge is 2.57. The van der Waals surface area contributed by atoms with Gasteiger partial charge in [-0.15, -0.1) is 0 Å².